The van der Waals surface area contributed by atoms with Crippen molar-refractivity contribution >= 4 is 10.9 Å². The summed E-state index contributed by atoms with van der Waals surface area (Å²) in [7, 11) is 0. The Balaban J connectivity index is 1.86. The van der Waals surface area contributed by atoms with Gasteiger partial charge in [0.1, 0.15) is 0 Å². The van der Waals surface area contributed by atoms with Gasteiger partial charge >= 0.3 is 0 Å². The van der Waals surface area contributed by atoms with Crippen molar-refractivity contribution in [2.75, 3.05) is 13.1 Å². The molecule has 3 rings (SSSR count). The summed E-state index contributed by atoms with van der Waals surface area (Å²) < 4.78 is 0. The minimum Gasteiger partial charge on any atom is -0.299 e. The zero-order valence-electron chi connectivity index (χ0n) is 9.26. The third-order valence-corrected chi connectivity index (χ3v) is 3.15. The second kappa shape index (κ2) is 4.18. The Morgan fingerprint density at radius 3 is 2.94 bits per heavy atom. The number of fused-ring (bicyclic) bond motifs is 1. The van der Waals surface area contributed by atoms with Crippen molar-refractivity contribution < 1.29 is 0 Å². The Kier molecular flexibility index (Phi) is 2.54. The van der Waals surface area contributed by atoms with E-state index in [2.05, 4.69) is 20.9 Å². The van der Waals surface area contributed by atoms with Gasteiger partial charge in [-0.25, -0.2) is 0 Å². The molecule has 3 nitrogen and oxygen atoms in total. The van der Waals surface area contributed by atoms with Crippen molar-refractivity contribution in [2.45, 2.75) is 19.4 Å². The highest BCUT2D eigenvalue weighted by atomic mass is 15.1. The number of hydrogen-bond donors (Lipinski definition) is 0. The Morgan fingerprint density at radius 2 is 2.06 bits per heavy atom. The van der Waals surface area contributed by atoms with Crippen LogP contribution in [0.1, 0.15) is 18.4 Å². The average molecular weight is 213 g/mol. The van der Waals surface area contributed by atoms with E-state index in [-0.39, 0.29) is 0 Å². The summed E-state index contributed by atoms with van der Waals surface area (Å²) in [5, 5.41) is 1.19. The summed E-state index contributed by atoms with van der Waals surface area (Å²) >= 11 is 0. The largest absolute Gasteiger partial charge is 0.299 e. The first-order valence-electron chi connectivity index (χ1n) is 5.83. The number of likely N-dealkylation sites (tertiary alicyclic amines) is 1. The standard InChI is InChI=1S/C13H15N3/c1-2-6-16(5-1)10-11-7-12-3-4-14-9-13(12)15-8-11/h3-4,7-9H,1-2,5-6,10H2. The topological polar surface area (TPSA) is 29.0 Å². The third-order valence-electron chi connectivity index (χ3n) is 3.15. The smallest absolute Gasteiger partial charge is 0.0885 e. The highest BCUT2D eigenvalue weighted by Crippen LogP contribution is 2.15. The normalized spacial score (nSPS) is 17.0. The number of nitrogens with zero attached hydrogens (tertiary/aromatic N) is 3. The van der Waals surface area contributed by atoms with Crippen LogP contribution in [-0.4, -0.2) is 28.0 Å². The first kappa shape index (κ1) is 9.73. The minimum absolute atomic E-state index is 0.979. The fourth-order valence-electron chi connectivity index (χ4n) is 2.30. The SMILES string of the molecule is c1cc2cc(CN3CCCC3)cnc2cn1. The van der Waals surface area contributed by atoms with E-state index in [0.29, 0.717) is 0 Å². The van der Waals surface area contributed by atoms with E-state index < -0.39 is 0 Å². The molecule has 0 aromatic carbocycles. The van der Waals surface area contributed by atoms with Crippen molar-refractivity contribution in [1.82, 2.24) is 14.9 Å². The lowest BCUT2D eigenvalue weighted by atomic mass is 10.2. The molecule has 1 saturated heterocycles. The van der Waals surface area contributed by atoms with E-state index in [1.807, 2.05) is 24.7 Å². The molecule has 0 aliphatic carbocycles. The van der Waals surface area contributed by atoms with E-state index in [9.17, 15) is 0 Å². The van der Waals surface area contributed by atoms with Crippen LogP contribution in [0.3, 0.4) is 0 Å². The van der Waals surface area contributed by atoms with Gasteiger partial charge in [-0.15, -0.1) is 0 Å². The van der Waals surface area contributed by atoms with E-state index in [0.717, 1.165) is 12.1 Å². The quantitative estimate of drug-likeness (QED) is 0.766. The maximum Gasteiger partial charge on any atom is 0.0885 e. The van der Waals surface area contributed by atoms with E-state index in [4.69, 9.17) is 0 Å². The van der Waals surface area contributed by atoms with Gasteiger partial charge in [0, 0.05) is 24.3 Å². The average Bonchev–Trinajstić information content (AvgIpc) is 2.82. The maximum atomic E-state index is 4.43. The van der Waals surface area contributed by atoms with Crippen molar-refractivity contribution in [3.8, 4) is 0 Å². The summed E-state index contributed by atoms with van der Waals surface area (Å²) in [6.07, 6.45) is 8.29. The first-order chi connectivity index (χ1) is 7.92. The molecule has 2 aromatic rings. The molecule has 1 aliphatic heterocycles. The summed E-state index contributed by atoms with van der Waals surface area (Å²) in [6.45, 7) is 3.49. The molecule has 16 heavy (non-hydrogen) atoms. The molecule has 0 radical (unpaired) electrons. The molecule has 0 spiro atoms. The molecule has 0 saturated carbocycles. The fourth-order valence-corrected chi connectivity index (χ4v) is 2.30. The summed E-state index contributed by atoms with van der Waals surface area (Å²) in [4.78, 5) is 11.0. The summed E-state index contributed by atoms with van der Waals surface area (Å²) in [6, 6.07) is 4.25. The number of aromatic nitrogens is 2. The van der Waals surface area contributed by atoms with Gasteiger partial charge in [-0.1, -0.05) is 0 Å². The maximum absolute atomic E-state index is 4.43. The molecule has 0 amide bonds. The van der Waals surface area contributed by atoms with Gasteiger partial charge in [-0.2, -0.15) is 0 Å². The molecule has 0 atom stereocenters. The summed E-state index contributed by atoms with van der Waals surface area (Å²) in [5.41, 5.74) is 2.29. The van der Waals surface area contributed by atoms with Crippen LogP contribution in [-0.2, 0) is 6.54 Å². The van der Waals surface area contributed by atoms with Gasteiger partial charge in [0.2, 0.25) is 0 Å². The molecule has 1 aliphatic rings. The van der Waals surface area contributed by atoms with Gasteiger partial charge in [0.05, 0.1) is 11.7 Å². The molecule has 0 N–H and O–H groups in total. The predicted octanol–water partition coefficient (Wildman–Crippen LogP) is 2.23. The molecular weight excluding hydrogens is 198 g/mol. The van der Waals surface area contributed by atoms with Crippen LogP contribution in [0.2, 0.25) is 0 Å². The van der Waals surface area contributed by atoms with Gasteiger partial charge < -0.3 is 0 Å². The monoisotopic (exact) mass is 213 g/mol. The third kappa shape index (κ3) is 1.91. The van der Waals surface area contributed by atoms with Crippen molar-refractivity contribution in [2.24, 2.45) is 0 Å². The zero-order valence-corrected chi connectivity index (χ0v) is 9.26. The Bertz CT molecular complexity index is 489. The molecule has 1 fully saturated rings. The predicted molar refractivity (Wildman–Crippen MR) is 64.0 cm³/mol. The van der Waals surface area contributed by atoms with Gasteiger partial charge in [-0.05, 0) is 43.6 Å². The van der Waals surface area contributed by atoms with Crippen LogP contribution >= 0.6 is 0 Å². The van der Waals surface area contributed by atoms with Crippen LogP contribution in [0.5, 0.6) is 0 Å². The van der Waals surface area contributed by atoms with Crippen LogP contribution < -0.4 is 0 Å². The van der Waals surface area contributed by atoms with Crippen LogP contribution in [0, 0.1) is 0 Å². The van der Waals surface area contributed by atoms with E-state index in [1.165, 1.54) is 36.9 Å². The molecule has 2 aromatic heterocycles. The second-order valence-electron chi connectivity index (χ2n) is 4.40. The molecule has 0 unspecified atom stereocenters. The molecule has 3 heteroatoms. The van der Waals surface area contributed by atoms with Crippen molar-refractivity contribution in [3.63, 3.8) is 0 Å². The lowest BCUT2D eigenvalue weighted by molar-refractivity contribution is 0.331. The van der Waals surface area contributed by atoms with Crippen molar-refractivity contribution in [3.05, 3.63) is 36.3 Å². The highest BCUT2D eigenvalue weighted by Gasteiger charge is 2.11. The Morgan fingerprint density at radius 1 is 1.19 bits per heavy atom. The fraction of sp³-hybridized carbons (Fsp3) is 0.385. The first-order valence-corrected chi connectivity index (χ1v) is 5.83. The zero-order chi connectivity index (χ0) is 10.8. The molecule has 3 heterocycles. The second-order valence-corrected chi connectivity index (χ2v) is 4.40. The van der Waals surface area contributed by atoms with Crippen LogP contribution in [0.15, 0.2) is 30.7 Å². The van der Waals surface area contributed by atoms with Gasteiger partial charge in [0.25, 0.3) is 0 Å². The van der Waals surface area contributed by atoms with E-state index >= 15 is 0 Å². The Hall–Kier alpha value is -1.48. The highest BCUT2D eigenvalue weighted by molar-refractivity contribution is 5.77. The van der Waals surface area contributed by atoms with Crippen LogP contribution in [0.4, 0.5) is 0 Å². The molecule has 82 valence electrons. The van der Waals surface area contributed by atoms with Gasteiger partial charge in [0.15, 0.2) is 0 Å². The Labute approximate surface area is 95.1 Å². The number of hydrogen-bond acceptors (Lipinski definition) is 3. The van der Waals surface area contributed by atoms with E-state index in [1.54, 1.807) is 0 Å². The van der Waals surface area contributed by atoms with Crippen molar-refractivity contribution in [1.29, 1.82) is 0 Å². The number of rotatable bonds is 2. The molecular formula is C13H15N3. The molecule has 0 bridgehead atoms. The minimum atomic E-state index is 0.979. The summed E-state index contributed by atoms with van der Waals surface area (Å²) in [5.74, 6) is 0. The van der Waals surface area contributed by atoms with Gasteiger partial charge in [-0.3, -0.25) is 14.9 Å². The lowest BCUT2D eigenvalue weighted by Gasteiger charge is -2.14. The number of pyridine rings is 2. The van der Waals surface area contributed by atoms with Crippen LogP contribution in [0.25, 0.3) is 10.9 Å². The lowest BCUT2D eigenvalue weighted by Crippen LogP contribution is -2.18.